The van der Waals surface area contributed by atoms with Crippen LogP contribution in [-0.4, -0.2) is 41.3 Å². The standard InChI is InChI=1S/C28H26N2O6/c1-4-35-24-14-13-19(16-30-26(32)20-10-6-7-11-21(20)27(30)33)15-22(24)28(34)36-18(3)25(31)29-23-12-8-5-9-17(23)2/h5-15,18H,4,16H2,1-3H3,(H,29,31). The SMILES string of the molecule is CCOc1ccc(CN2C(=O)c3ccccc3C2=O)cc1C(=O)OC(C)C(=O)Nc1ccccc1C. The monoisotopic (exact) mass is 486 g/mol. The number of imide groups is 1. The molecule has 0 aromatic heterocycles. The van der Waals surface area contributed by atoms with E-state index >= 15 is 0 Å². The van der Waals surface area contributed by atoms with E-state index in [-0.39, 0.29) is 17.9 Å². The number of anilines is 1. The Kier molecular flexibility index (Phi) is 7.15. The van der Waals surface area contributed by atoms with Crippen molar-refractivity contribution < 1.29 is 28.7 Å². The number of amides is 3. The molecule has 0 fully saturated rings. The molecule has 1 aliphatic heterocycles. The molecule has 36 heavy (non-hydrogen) atoms. The highest BCUT2D eigenvalue weighted by Gasteiger charge is 2.35. The van der Waals surface area contributed by atoms with Gasteiger partial charge in [-0.3, -0.25) is 19.3 Å². The summed E-state index contributed by atoms with van der Waals surface area (Å²) in [6.45, 7) is 5.40. The number of hydrogen-bond donors (Lipinski definition) is 1. The Morgan fingerprint density at radius 2 is 1.58 bits per heavy atom. The average Bonchev–Trinajstić information content (AvgIpc) is 3.11. The number of ether oxygens (including phenoxy) is 2. The normalized spacial score (nSPS) is 13.2. The lowest BCUT2D eigenvalue weighted by Crippen LogP contribution is -2.31. The van der Waals surface area contributed by atoms with Crippen molar-refractivity contribution >= 4 is 29.4 Å². The minimum atomic E-state index is -1.08. The number of carbonyl (C=O) groups is 4. The molecule has 1 atom stereocenters. The highest BCUT2D eigenvalue weighted by atomic mass is 16.5. The lowest BCUT2D eigenvalue weighted by Gasteiger charge is -2.18. The van der Waals surface area contributed by atoms with Gasteiger partial charge in [-0.2, -0.15) is 0 Å². The van der Waals surface area contributed by atoms with E-state index in [1.807, 2.05) is 19.1 Å². The fourth-order valence-corrected chi connectivity index (χ4v) is 3.91. The number of nitrogens with zero attached hydrogens (tertiary/aromatic N) is 1. The van der Waals surface area contributed by atoms with Crippen LogP contribution in [0.5, 0.6) is 5.75 Å². The molecule has 8 nitrogen and oxygen atoms in total. The number of hydrogen-bond acceptors (Lipinski definition) is 6. The molecule has 8 heteroatoms. The van der Waals surface area contributed by atoms with Gasteiger partial charge < -0.3 is 14.8 Å². The van der Waals surface area contributed by atoms with Crippen LogP contribution < -0.4 is 10.1 Å². The van der Waals surface area contributed by atoms with Crippen LogP contribution in [0.25, 0.3) is 0 Å². The Balaban J connectivity index is 1.51. The molecule has 3 amide bonds. The minimum absolute atomic E-state index is 0.0254. The summed E-state index contributed by atoms with van der Waals surface area (Å²) in [6.07, 6.45) is -1.08. The zero-order valence-corrected chi connectivity index (χ0v) is 20.2. The van der Waals surface area contributed by atoms with Gasteiger partial charge in [0.25, 0.3) is 17.7 Å². The van der Waals surface area contributed by atoms with Crippen molar-refractivity contribution in [1.82, 2.24) is 4.90 Å². The van der Waals surface area contributed by atoms with Crippen LogP contribution in [0.3, 0.4) is 0 Å². The van der Waals surface area contributed by atoms with Gasteiger partial charge in [0.15, 0.2) is 6.10 Å². The van der Waals surface area contributed by atoms with Crippen LogP contribution in [0, 0.1) is 6.92 Å². The van der Waals surface area contributed by atoms with Crippen LogP contribution in [-0.2, 0) is 16.1 Å². The van der Waals surface area contributed by atoms with Gasteiger partial charge in [0.1, 0.15) is 11.3 Å². The fraction of sp³-hybridized carbons (Fsp3) is 0.214. The van der Waals surface area contributed by atoms with Gasteiger partial charge in [-0.05, 0) is 62.2 Å². The Hall–Kier alpha value is -4.46. The van der Waals surface area contributed by atoms with E-state index in [2.05, 4.69) is 5.32 Å². The van der Waals surface area contributed by atoms with Gasteiger partial charge in [-0.1, -0.05) is 36.4 Å². The third kappa shape index (κ3) is 4.98. The molecule has 1 aliphatic rings. The lowest BCUT2D eigenvalue weighted by molar-refractivity contribution is -0.123. The van der Waals surface area contributed by atoms with E-state index in [4.69, 9.17) is 9.47 Å². The Morgan fingerprint density at radius 3 is 2.22 bits per heavy atom. The van der Waals surface area contributed by atoms with E-state index < -0.39 is 29.8 Å². The van der Waals surface area contributed by atoms with Gasteiger partial charge in [0.2, 0.25) is 0 Å². The van der Waals surface area contributed by atoms with Gasteiger partial charge in [-0.15, -0.1) is 0 Å². The average molecular weight is 487 g/mol. The van der Waals surface area contributed by atoms with Crippen LogP contribution in [0.4, 0.5) is 5.69 Å². The van der Waals surface area contributed by atoms with Crippen molar-refractivity contribution in [2.24, 2.45) is 0 Å². The first-order chi connectivity index (χ1) is 17.3. The number of fused-ring (bicyclic) bond motifs is 1. The summed E-state index contributed by atoms with van der Waals surface area (Å²) in [5.74, 6) is -1.74. The van der Waals surface area contributed by atoms with E-state index in [1.165, 1.54) is 13.0 Å². The predicted octanol–water partition coefficient (Wildman–Crippen LogP) is 4.37. The summed E-state index contributed by atoms with van der Waals surface area (Å²) < 4.78 is 11.0. The van der Waals surface area contributed by atoms with Crippen LogP contribution in [0.2, 0.25) is 0 Å². The summed E-state index contributed by atoms with van der Waals surface area (Å²) >= 11 is 0. The molecule has 1 unspecified atom stereocenters. The first-order valence-electron chi connectivity index (χ1n) is 11.6. The minimum Gasteiger partial charge on any atom is -0.493 e. The first kappa shape index (κ1) is 24.7. The maximum atomic E-state index is 13.0. The second-order valence-electron chi connectivity index (χ2n) is 8.36. The van der Waals surface area contributed by atoms with Crippen LogP contribution in [0.15, 0.2) is 66.7 Å². The number of esters is 1. The molecule has 0 saturated carbocycles. The molecule has 1 N–H and O–H groups in total. The second-order valence-corrected chi connectivity index (χ2v) is 8.36. The number of carbonyl (C=O) groups excluding carboxylic acids is 4. The van der Waals surface area contributed by atoms with Crippen molar-refractivity contribution in [3.8, 4) is 5.75 Å². The second kappa shape index (κ2) is 10.4. The highest BCUT2D eigenvalue weighted by Crippen LogP contribution is 2.27. The van der Waals surface area contributed by atoms with Crippen molar-refractivity contribution in [2.45, 2.75) is 33.4 Å². The zero-order chi connectivity index (χ0) is 25.8. The molecule has 0 bridgehead atoms. The van der Waals surface area contributed by atoms with E-state index in [1.54, 1.807) is 55.5 Å². The quantitative estimate of drug-likeness (QED) is 0.375. The zero-order valence-electron chi connectivity index (χ0n) is 20.2. The molecule has 3 aromatic carbocycles. The Bertz CT molecular complexity index is 1310. The van der Waals surface area contributed by atoms with Crippen molar-refractivity contribution in [2.75, 3.05) is 11.9 Å². The van der Waals surface area contributed by atoms with Gasteiger partial charge >= 0.3 is 5.97 Å². The number of benzene rings is 3. The van der Waals surface area contributed by atoms with Crippen molar-refractivity contribution in [1.29, 1.82) is 0 Å². The highest BCUT2D eigenvalue weighted by molar-refractivity contribution is 6.21. The molecule has 3 aromatic rings. The third-order valence-electron chi connectivity index (χ3n) is 5.84. The molecule has 184 valence electrons. The summed E-state index contributed by atoms with van der Waals surface area (Å²) in [5, 5.41) is 2.76. The van der Waals surface area contributed by atoms with Crippen LogP contribution >= 0.6 is 0 Å². The largest absolute Gasteiger partial charge is 0.493 e. The molecular formula is C28H26N2O6. The number of nitrogens with one attached hydrogen (secondary N) is 1. The fourth-order valence-electron chi connectivity index (χ4n) is 3.91. The molecule has 0 spiro atoms. The predicted molar refractivity (Wildman–Crippen MR) is 133 cm³/mol. The van der Waals surface area contributed by atoms with E-state index in [9.17, 15) is 19.2 Å². The van der Waals surface area contributed by atoms with E-state index in [0.29, 0.717) is 29.0 Å². The molecule has 4 rings (SSSR count). The van der Waals surface area contributed by atoms with E-state index in [0.717, 1.165) is 10.5 Å². The maximum Gasteiger partial charge on any atom is 0.342 e. The summed E-state index contributed by atoms with van der Waals surface area (Å²) in [7, 11) is 0. The first-order valence-corrected chi connectivity index (χ1v) is 11.6. The number of aryl methyl sites for hydroxylation is 1. The molecule has 0 aliphatic carbocycles. The smallest absolute Gasteiger partial charge is 0.342 e. The molecule has 1 heterocycles. The van der Waals surface area contributed by atoms with Crippen molar-refractivity contribution in [3.05, 3.63) is 94.5 Å². The van der Waals surface area contributed by atoms with Gasteiger partial charge in [0.05, 0.1) is 24.3 Å². The van der Waals surface area contributed by atoms with Gasteiger partial charge in [0, 0.05) is 5.69 Å². The van der Waals surface area contributed by atoms with Crippen LogP contribution in [0.1, 0.15) is 56.0 Å². The summed E-state index contributed by atoms with van der Waals surface area (Å²) in [5.41, 5.74) is 2.84. The lowest BCUT2D eigenvalue weighted by atomic mass is 10.1. The number of rotatable bonds is 8. The maximum absolute atomic E-state index is 13.0. The van der Waals surface area contributed by atoms with Crippen molar-refractivity contribution in [3.63, 3.8) is 0 Å². The molecular weight excluding hydrogens is 460 g/mol. The van der Waals surface area contributed by atoms with Gasteiger partial charge in [-0.25, -0.2) is 4.79 Å². The Morgan fingerprint density at radius 1 is 0.944 bits per heavy atom. The molecule has 0 radical (unpaired) electrons. The third-order valence-corrected chi connectivity index (χ3v) is 5.84. The Labute approximate surface area is 208 Å². The topological polar surface area (TPSA) is 102 Å². The number of para-hydroxylation sites is 1. The summed E-state index contributed by atoms with van der Waals surface area (Å²) in [4.78, 5) is 52.3. The molecule has 0 saturated heterocycles. The summed E-state index contributed by atoms with van der Waals surface area (Å²) in [6, 6.07) is 18.7.